The molecule has 0 atom stereocenters. The van der Waals surface area contributed by atoms with E-state index in [2.05, 4.69) is 9.97 Å². The second-order valence-corrected chi connectivity index (χ2v) is 4.82. The molecule has 0 saturated heterocycles. The number of aryl methyl sites for hydroxylation is 2. The smallest absolute Gasteiger partial charge is 0.194 e. The molecule has 0 unspecified atom stereocenters. The number of aromatic amines is 1. The van der Waals surface area contributed by atoms with Crippen molar-refractivity contribution < 1.29 is 0 Å². The number of pyridine rings is 2. The molecule has 0 fully saturated rings. The summed E-state index contributed by atoms with van der Waals surface area (Å²) in [4.78, 5) is 20.2. The van der Waals surface area contributed by atoms with E-state index in [0.717, 1.165) is 47.2 Å². The van der Waals surface area contributed by atoms with Crippen molar-refractivity contribution in [3.63, 3.8) is 0 Å². The van der Waals surface area contributed by atoms with Crippen LogP contribution in [-0.2, 0) is 12.8 Å². The molecule has 2 aromatic rings. The first kappa shape index (κ1) is 10.5. The predicted octanol–water partition coefficient (Wildman–Crippen LogP) is 2.50. The van der Waals surface area contributed by atoms with Crippen LogP contribution in [0, 0.1) is 6.92 Å². The average molecular weight is 228 g/mol. The summed E-state index contributed by atoms with van der Waals surface area (Å²) in [5.74, 6) is 0. The van der Waals surface area contributed by atoms with Gasteiger partial charge in [-0.25, -0.2) is 4.98 Å². The van der Waals surface area contributed by atoms with Crippen LogP contribution in [0.3, 0.4) is 0 Å². The lowest BCUT2D eigenvalue weighted by Crippen LogP contribution is -2.14. The van der Waals surface area contributed by atoms with Gasteiger partial charge in [-0.2, -0.15) is 0 Å². The second-order valence-electron chi connectivity index (χ2n) is 4.82. The molecule has 0 saturated carbocycles. The Morgan fingerprint density at radius 3 is 2.88 bits per heavy atom. The topological polar surface area (TPSA) is 45.8 Å². The molecule has 3 nitrogen and oxygen atoms in total. The first-order valence-corrected chi connectivity index (χ1v) is 6.27. The van der Waals surface area contributed by atoms with Crippen LogP contribution in [0.15, 0.2) is 16.9 Å². The van der Waals surface area contributed by atoms with E-state index in [1.807, 2.05) is 19.1 Å². The minimum Gasteiger partial charge on any atom is -0.343 e. The van der Waals surface area contributed by atoms with E-state index in [9.17, 15) is 4.79 Å². The predicted molar refractivity (Wildman–Crippen MR) is 68.4 cm³/mol. The molecular formula is C14H16N2O. The lowest BCUT2D eigenvalue weighted by molar-refractivity contribution is 0.708. The van der Waals surface area contributed by atoms with E-state index in [1.54, 1.807) is 0 Å². The van der Waals surface area contributed by atoms with Gasteiger partial charge < -0.3 is 4.98 Å². The summed E-state index contributed by atoms with van der Waals surface area (Å²) >= 11 is 0. The maximum atomic E-state index is 12.4. The van der Waals surface area contributed by atoms with Crippen molar-refractivity contribution in [1.82, 2.24) is 9.97 Å². The van der Waals surface area contributed by atoms with Crippen molar-refractivity contribution in [2.75, 3.05) is 0 Å². The Hall–Kier alpha value is -1.64. The molecule has 0 radical (unpaired) electrons. The molecule has 3 rings (SSSR count). The van der Waals surface area contributed by atoms with Gasteiger partial charge in [0.1, 0.15) is 5.65 Å². The molecule has 17 heavy (non-hydrogen) atoms. The van der Waals surface area contributed by atoms with E-state index in [0.29, 0.717) is 0 Å². The summed E-state index contributed by atoms with van der Waals surface area (Å²) in [7, 11) is 0. The zero-order chi connectivity index (χ0) is 11.8. The Morgan fingerprint density at radius 1 is 1.18 bits per heavy atom. The number of rotatable bonds is 0. The molecule has 3 heteroatoms. The number of hydrogen-bond acceptors (Lipinski definition) is 2. The molecule has 1 aliphatic rings. The van der Waals surface area contributed by atoms with Crippen LogP contribution in [-0.4, -0.2) is 9.97 Å². The van der Waals surface area contributed by atoms with Gasteiger partial charge in [-0.3, -0.25) is 4.79 Å². The first-order chi connectivity index (χ1) is 8.25. The van der Waals surface area contributed by atoms with Gasteiger partial charge in [-0.05, 0) is 44.7 Å². The molecule has 1 aliphatic carbocycles. The maximum Gasteiger partial charge on any atom is 0.194 e. The highest BCUT2D eigenvalue weighted by atomic mass is 16.1. The Balaban J connectivity index is 2.33. The minimum atomic E-state index is 0.183. The molecule has 2 heterocycles. The Labute approximate surface area is 99.9 Å². The zero-order valence-corrected chi connectivity index (χ0v) is 10.0. The molecular weight excluding hydrogens is 212 g/mol. The SMILES string of the molecule is Cc1ccc2c(=O)c3c([nH]c2n1)CCCCC3. The van der Waals surface area contributed by atoms with Crippen molar-refractivity contribution in [3.8, 4) is 0 Å². The van der Waals surface area contributed by atoms with Gasteiger partial charge in [0.25, 0.3) is 0 Å². The van der Waals surface area contributed by atoms with Crippen LogP contribution in [0.1, 0.15) is 36.2 Å². The fourth-order valence-corrected chi connectivity index (χ4v) is 2.61. The minimum absolute atomic E-state index is 0.183. The van der Waals surface area contributed by atoms with Gasteiger partial charge in [-0.1, -0.05) is 6.42 Å². The number of H-pyrrole nitrogens is 1. The van der Waals surface area contributed by atoms with Crippen LogP contribution in [0.2, 0.25) is 0 Å². The van der Waals surface area contributed by atoms with Gasteiger partial charge in [0.05, 0.1) is 5.39 Å². The summed E-state index contributed by atoms with van der Waals surface area (Å²) in [6.45, 7) is 1.95. The monoisotopic (exact) mass is 228 g/mol. The summed E-state index contributed by atoms with van der Waals surface area (Å²) in [6.07, 6.45) is 5.40. The number of nitrogens with zero attached hydrogens (tertiary/aromatic N) is 1. The highest BCUT2D eigenvalue weighted by Gasteiger charge is 2.14. The van der Waals surface area contributed by atoms with Crippen LogP contribution in [0.5, 0.6) is 0 Å². The molecule has 0 aromatic carbocycles. The lowest BCUT2D eigenvalue weighted by Gasteiger charge is -2.07. The van der Waals surface area contributed by atoms with Crippen LogP contribution in [0.4, 0.5) is 0 Å². The van der Waals surface area contributed by atoms with E-state index >= 15 is 0 Å². The van der Waals surface area contributed by atoms with Gasteiger partial charge >= 0.3 is 0 Å². The van der Waals surface area contributed by atoms with E-state index in [1.165, 1.54) is 12.8 Å². The quantitative estimate of drug-likeness (QED) is 0.704. The normalized spacial score (nSPS) is 15.6. The molecule has 1 N–H and O–H groups in total. The fourth-order valence-electron chi connectivity index (χ4n) is 2.61. The standard InChI is InChI=1S/C14H16N2O/c1-9-7-8-11-13(17)10-5-3-2-4-6-12(10)16-14(11)15-9/h7-8H,2-6H2,1H3,(H,15,16,17). The number of hydrogen-bond donors (Lipinski definition) is 1. The Morgan fingerprint density at radius 2 is 2.00 bits per heavy atom. The summed E-state index contributed by atoms with van der Waals surface area (Å²) < 4.78 is 0. The third-order valence-electron chi connectivity index (χ3n) is 3.54. The summed E-state index contributed by atoms with van der Waals surface area (Å²) in [5, 5.41) is 0.733. The molecule has 0 aliphatic heterocycles. The van der Waals surface area contributed by atoms with Gasteiger partial charge in [-0.15, -0.1) is 0 Å². The fraction of sp³-hybridized carbons (Fsp3) is 0.429. The number of fused-ring (bicyclic) bond motifs is 2. The third kappa shape index (κ3) is 1.75. The Kier molecular flexibility index (Phi) is 2.46. The van der Waals surface area contributed by atoms with Crippen LogP contribution < -0.4 is 5.43 Å². The maximum absolute atomic E-state index is 12.4. The molecule has 0 amide bonds. The van der Waals surface area contributed by atoms with Crippen LogP contribution >= 0.6 is 0 Å². The molecule has 0 spiro atoms. The largest absolute Gasteiger partial charge is 0.343 e. The van der Waals surface area contributed by atoms with Gasteiger partial charge in [0.15, 0.2) is 5.43 Å². The number of nitrogens with one attached hydrogen (secondary N) is 1. The van der Waals surface area contributed by atoms with Gasteiger partial charge in [0.2, 0.25) is 0 Å². The van der Waals surface area contributed by atoms with Crippen molar-refractivity contribution in [2.45, 2.75) is 39.0 Å². The van der Waals surface area contributed by atoms with Crippen molar-refractivity contribution in [2.24, 2.45) is 0 Å². The average Bonchev–Trinajstić information content (AvgIpc) is 2.54. The van der Waals surface area contributed by atoms with E-state index in [4.69, 9.17) is 0 Å². The zero-order valence-electron chi connectivity index (χ0n) is 10.0. The summed E-state index contributed by atoms with van der Waals surface area (Å²) in [5.41, 5.74) is 3.97. The van der Waals surface area contributed by atoms with Gasteiger partial charge in [0, 0.05) is 17.0 Å². The van der Waals surface area contributed by atoms with Crippen molar-refractivity contribution in [3.05, 3.63) is 39.3 Å². The molecule has 0 bridgehead atoms. The van der Waals surface area contributed by atoms with Crippen LogP contribution in [0.25, 0.3) is 11.0 Å². The Bertz CT molecular complexity index is 628. The van der Waals surface area contributed by atoms with E-state index < -0.39 is 0 Å². The van der Waals surface area contributed by atoms with Crippen molar-refractivity contribution >= 4 is 11.0 Å². The highest BCUT2D eigenvalue weighted by molar-refractivity contribution is 5.75. The molecule has 2 aromatic heterocycles. The number of aromatic nitrogens is 2. The third-order valence-corrected chi connectivity index (χ3v) is 3.54. The highest BCUT2D eigenvalue weighted by Crippen LogP contribution is 2.18. The van der Waals surface area contributed by atoms with E-state index in [-0.39, 0.29) is 5.43 Å². The lowest BCUT2D eigenvalue weighted by atomic mass is 10.1. The second kappa shape index (κ2) is 3.99. The summed E-state index contributed by atoms with van der Waals surface area (Å²) in [6, 6.07) is 3.79. The van der Waals surface area contributed by atoms with Crippen molar-refractivity contribution in [1.29, 1.82) is 0 Å². The first-order valence-electron chi connectivity index (χ1n) is 6.27. The molecule has 88 valence electrons.